The summed E-state index contributed by atoms with van der Waals surface area (Å²) in [6.45, 7) is 1.53. The number of pyridine rings is 1. The van der Waals surface area contributed by atoms with Crippen molar-refractivity contribution in [1.82, 2.24) is 25.1 Å². The lowest BCUT2D eigenvalue weighted by Crippen LogP contribution is -2.29. The number of nitrogens with zero attached hydrogens (tertiary/aromatic N) is 5. The molecule has 1 aromatic carbocycles. The van der Waals surface area contributed by atoms with Crippen LogP contribution in [-0.4, -0.2) is 51.5 Å². The van der Waals surface area contributed by atoms with Crippen molar-refractivity contribution in [2.75, 3.05) is 30.8 Å². The number of aromatic nitrogens is 4. The van der Waals surface area contributed by atoms with Crippen LogP contribution in [0.25, 0.3) is 11.4 Å². The van der Waals surface area contributed by atoms with Crippen LogP contribution in [0.4, 0.5) is 5.69 Å². The Labute approximate surface area is 169 Å². The van der Waals surface area contributed by atoms with Crippen molar-refractivity contribution >= 4 is 23.4 Å². The van der Waals surface area contributed by atoms with E-state index in [2.05, 4.69) is 44.6 Å². The molecule has 3 rings (SSSR count). The normalized spacial score (nSPS) is 10.6. The Morgan fingerprint density at radius 3 is 2.75 bits per heavy atom. The first-order chi connectivity index (χ1) is 13.6. The van der Waals surface area contributed by atoms with Gasteiger partial charge in [-0.05, 0) is 30.7 Å². The smallest absolute Gasteiger partial charge is 0.230 e. The first kappa shape index (κ1) is 19.9. The quantitative estimate of drug-likeness (QED) is 0.443. The zero-order chi connectivity index (χ0) is 19.8. The van der Waals surface area contributed by atoms with Crippen LogP contribution >= 0.6 is 11.8 Å². The number of hydrogen-bond donors (Lipinski definition) is 1. The third kappa shape index (κ3) is 5.32. The van der Waals surface area contributed by atoms with E-state index >= 15 is 0 Å². The van der Waals surface area contributed by atoms with Gasteiger partial charge in [0.05, 0.1) is 5.75 Å². The third-order valence-corrected chi connectivity index (χ3v) is 5.30. The van der Waals surface area contributed by atoms with E-state index in [-0.39, 0.29) is 5.91 Å². The van der Waals surface area contributed by atoms with Gasteiger partial charge in [-0.1, -0.05) is 30.0 Å². The summed E-state index contributed by atoms with van der Waals surface area (Å²) in [6.07, 6.45) is 4.35. The number of nitrogens with one attached hydrogen (secondary N) is 1. The highest BCUT2D eigenvalue weighted by atomic mass is 32.2. The highest BCUT2D eigenvalue weighted by Gasteiger charge is 2.12. The molecular formula is C20H24N6OS. The van der Waals surface area contributed by atoms with Gasteiger partial charge in [-0.3, -0.25) is 9.78 Å². The van der Waals surface area contributed by atoms with Crippen LogP contribution in [0, 0.1) is 0 Å². The van der Waals surface area contributed by atoms with Gasteiger partial charge >= 0.3 is 0 Å². The van der Waals surface area contributed by atoms with E-state index in [1.54, 1.807) is 12.4 Å². The minimum absolute atomic E-state index is 0.00158. The van der Waals surface area contributed by atoms with E-state index in [1.165, 1.54) is 17.4 Å². The lowest BCUT2D eigenvalue weighted by Gasteiger charge is -2.19. The fourth-order valence-corrected chi connectivity index (χ4v) is 3.46. The number of hydrogen-bond acceptors (Lipinski definition) is 6. The fourth-order valence-electron chi connectivity index (χ4n) is 2.72. The average Bonchev–Trinajstić information content (AvgIpc) is 3.11. The third-order valence-electron chi connectivity index (χ3n) is 4.28. The van der Waals surface area contributed by atoms with E-state index in [4.69, 9.17) is 0 Å². The Bertz CT molecular complexity index is 884. The minimum Gasteiger partial charge on any atom is -0.375 e. The summed E-state index contributed by atoms with van der Waals surface area (Å²) in [7, 11) is 3.95. The molecule has 28 heavy (non-hydrogen) atoms. The average molecular weight is 397 g/mol. The number of anilines is 1. The van der Waals surface area contributed by atoms with Crippen molar-refractivity contribution in [3.63, 3.8) is 0 Å². The lowest BCUT2D eigenvalue weighted by molar-refractivity contribution is -0.118. The Morgan fingerprint density at radius 2 is 2.00 bits per heavy atom. The van der Waals surface area contributed by atoms with E-state index in [9.17, 15) is 4.79 Å². The Hall–Kier alpha value is -2.87. The van der Waals surface area contributed by atoms with Gasteiger partial charge in [-0.2, -0.15) is 0 Å². The molecule has 0 bridgehead atoms. The standard InChI is InChI=1S/C20H24N6OS/c1-25(17-9-4-3-5-10-17)13-7-12-22-18(27)15-28-20-24-23-19(26(20)2)16-8-6-11-21-14-16/h3-6,8-11,14H,7,12-13,15H2,1-2H3,(H,22,27). The predicted octanol–water partition coefficient (Wildman–Crippen LogP) is 2.61. The maximum atomic E-state index is 12.1. The molecule has 0 unspecified atom stereocenters. The zero-order valence-corrected chi connectivity index (χ0v) is 16.9. The molecule has 0 fully saturated rings. The molecule has 2 heterocycles. The van der Waals surface area contributed by atoms with Gasteiger partial charge in [-0.15, -0.1) is 10.2 Å². The van der Waals surface area contributed by atoms with Crippen molar-refractivity contribution in [2.45, 2.75) is 11.6 Å². The van der Waals surface area contributed by atoms with Crippen molar-refractivity contribution < 1.29 is 4.79 Å². The summed E-state index contributed by atoms with van der Waals surface area (Å²) < 4.78 is 1.88. The molecule has 0 aliphatic heterocycles. The minimum atomic E-state index is -0.00158. The second kappa shape index (κ2) is 9.89. The molecule has 0 aliphatic carbocycles. The van der Waals surface area contributed by atoms with Gasteiger partial charge in [0.2, 0.25) is 5.91 Å². The van der Waals surface area contributed by atoms with E-state index in [0.29, 0.717) is 17.5 Å². The van der Waals surface area contributed by atoms with Crippen LogP contribution in [0.2, 0.25) is 0 Å². The molecular weight excluding hydrogens is 372 g/mol. The van der Waals surface area contributed by atoms with Crippen molar-refractivity contribution in [3.8, 4) is 11.4 Å². The molecule has 1 amide bonds. The molecule has 0 saturated carbocycles. The molecule has 0 aliphatic rings. The molecule has 8 heteroatoms. The molecule has 7 nitrogen and oxygen atoms in total. The van der Waals surface area contributed by atoms with Gasteiger partial charge in [-0.25, -0.2) is 0 Å². The van der Waals surface area contributed by atoms with Crippen LogP contribution < -0.4 is 10.2 Å². The van der Waals surface area contributed by atoms with E-state index in [1.807, 2.05) is 41.9 Å². The maximum absolute atomic E-state index is 12.1. The second-order valence-corrected chi connectivity index (χ2v) is 7.30. The summed E-state index contributed by atoms with van der Waals surface area (Å²) in [4.78, 5) is 18.4. The molecule has 0 atom stereocenters. The Balaban J connectivity index is 1.40. The van der Waals surface area contributed by atoms with Gasteiger partial charge in [0.1, 0.15) is 0 Å². The van der Waals surface area contributed by atoms with Crippen molar-refractivity contribution in [1.29, 1.82) is 0 Å². The number of thioether (sulfide) groups is 1. The number of carbonyl (C=O) groups is 1. The zero-order valence-electron chi connectivity index (χ0n) is 16.1. The molecule has 1 N–H and O–H groups in total. The molecule has 3 aromatic rings. The van der Waals surface area contributed by atoms with Crippen molar-refractivity contribution in [3.05, 3.63) is 54.9 Å². The van der Waals surface area contributed by atoms with Crippen LogP contribution in [0.5, 0.6) is 0 Å². The largest absolute Gasteiger partial charge is 0.375 e. The highest BCUT2D eigenvalue weighted by molar-refractivity contribution is 7.99. The first-order valence-corrected chi connectivity index (χ1v) is 10.1. The van der Waals surface area contributed by atoms with Gasteiger partial charge in [0, 0.05) is 50.8 Å². The Morgan fingerprint density at radius 1 is 1.18 bits per heavy atom. The molecule has 0 saturated heterocycles. The number of para-hydroxylation sites is 1. The maximum Gasteiger partial charge on any atom is 0.230 e. The molecule has 0 radical (unpaired) electrons. The van der Waals surface area contributed by atoms with E-state index < -0.39 is 0 Å². The second-order valence-electron chi connectivity index (χ2n) is 6.36. The summed E-state index contributed by atoms with van der Waals surface area (Å²) in [5.74, 6) is 1.05. The predicted molar refractivity (Wildman–Crippen MR) is 112 cm³/mol. The Kier molecular flexibility index (Phi) is 7.02. The summed E-state index contributed by atoms with van der Waals surface area (Å²) in [5.41, 5.74) is 2.08. The summed E-state index contributed by atoms with van der Waals surface area (Å²) in [6, 6.07) is 14.0. The van der Waals surface area contributed by atoms with Crippen molar-refractivity contribution in [2.24, 2.45) is 7.05 Å². The molecule has 146 valence electrons. The van der Waals surface area contributed by atoms with Gasteiger partial charge in [0.15, 0.2) is 11.0 Å². The van der Waals surface area contributed by atoms with Crippen LogP contribution in [0.3, 0.4) is 0 Å². The number of amides is 1. The highest BCUT2D eigenvalue weighted by Crippen LogP contribution is 2.21. The van der Waals surface area contributed by atoms with Gasteiger partial charge in [0.25, 0.3) is 0 Å². The SMILES string of the molecule is CN(CCCNC(=O)CSc1nnc(-c2cccnc2)n1C)c1ccccc1. The summed E-state index contributed by atoms with van der Waals surface area (Å²) >= 11 is 1.38. The first-order valence-electron chi connectivity index (χ1n) is 9.10. The topological polar surface area (TPSA) is 75.9 Å². The number of rotatable bonds is 9. The van der Waals surface area contributed by atoms with E-state index in [0.717, 1.165) is 24.4 Å². The number of carbonyl (C=O) groups excluding carboxylic acids is 1. The van der Waals surface area contributed by atoms with Crippen LogP contribution in [-0.2, 0) is 11.8 Å². The van der Waals surface area contributed by atoms with Gasteiger partial charge < -0.3 is 14.8 Å². The fraction of sp³-hybridized carbons (Fsp3) is 0.300. The number of benzene rings is 1. The molecule has 0 spiro atoms. The lowest BCUT2D eigenvalue weighted by atomic mass is 10.3. The summed E-state index contributed by atoms with van der Waals surface area (Å²) in [5, 5.41) is 12.1. The molecule has 2 aromatic heterocycles. The monoisotopic (exact) mass is 396 g/mol. The van der Waals surface area contributed by atoms with Crippen LogP contribution in [0.15, 0.2) is 60.0 Å². The van der Waals surface area contributed by atoms with Crippen LogP contribution in [0.1, 0.15) is 6.42 Å².